The second-order valence-corrected chi connectivity index (χ2v) is 5.75. The van der Waals surface area contributed by atoms with Gasteiger partial charge in [-0.1, -0.05) is 0 Å². The summed E-state index contributed by atoms with van der Waals surface area (Å²) in [5, 5.41) is 13.0. The lowest BCUT2D eigenvalue weighted by atomic mass is 10.1. The molecule has 0 amide bonds. The number of carbonyl (C=O) groups is 1. The van der Waals surface area contributed by atoms with E-state index in [1.165, 1.54) is 0 Å². The topological polar surface area (TPSA) is 84.6 Å². The van der Waals surface area contributed by atoms with Crippen LogP contribution in [0.4, 0.5) is 0 Å². The van der Waals surface area contributed by atoms with Crippen LogP contribution in [0.5, 0.6) is 5.75 Å². The van der Waals surface area contributed by atoms with Crippen molar-refractivity contribution in [3.8, 4) is 5.75 Å². The van der Waals surface area contributed by atoms with E-state index in [-0.39, 0.29) is 24.5 Å². The highest BCUT2D eigenvalue weighted by Crippen LogP contribution is 2.12. The van der Waals surface area contributed by atoms with Crippen LogP contribution in [0.1, 0.15) is 31.1 Å². The number of hydrogen-bond acceptors (Lipinski definition) is 5. The molecular weight excluding hydrogens is 256 g/mol. The van der Waals surface area contributed by atoms with Crippen LogP contribution in [0.25, 0.3) is 0 Å². The van der Waals surface area contributed by atoms with Gasteiger partial charge < -0.3 is 20.9 Å². The fourth-order valence-corrected chi connectivity index (χ4v) is 1.53. The number of rotatable bonds is 7. The zero-order chi connectivity index (χ0) is 15.2. The SMILES string of the molecule is CC(C)(C)NCC(O)COc1ccc(C(=O)CN)cc1. The minimum Gasteiger partial charge on any atom is -0.491 e. The van der Waals surface area contributed by atoms with Crippen molar-refractivity contribution in [2.24, 2.45) is 5.73 Å². The normalized spacial score (nSPS) is 13.1. The molecular formula is C15H24N2O3. The molecule has 0 spiro atoms. The molecule has 0 aromatic heterocycles. The van der Waals surface area contributed by atoms with Crippen LogP contribution in [-0.4, -0.2) is 42.2 Å². The Kier molecular flexibility index (Phi) is 6.13. The molecule has 112 valence electrons. The Hall–Kier alpha value is -1.43. The third-order valence-corrected chi connectivity index (χ3v) is 2.67. The van der Waals surface area contributed by atoms with Gasteiger partial charge in [0.2, 0.25) is 0 Å². The number of carbonyl (C=O) groups excluding carboxylic acids is 1. The number of Topliss-reactive ketones (excluding diaryl/α,β-unsaturated/α-hetero) is 1. The molecule has 0 saturated carbocycles. The van der Waals surface area contributed by atoms with Crippen LogP contribution in [0.15, 0.2) is 24.3 Å². The average molecular weight is 280 g/mol. The van der Waals surface area contributed by atoms with E-state index in [0.29, 0.717) is 17.9 Å². The zero-order valence-electron chi connectivity index (χ0n) is 12.3. The molecule has 0 saturated heterocycles. The van der Waals surface area contributed by atoms with E-state index < -0.39 is 6.10 Å². The van der Waals surface area contributed by atoms with Gasteiger partial charge in [0.25, 0.3) is 0 Å². The fourth-order valence-electron chi connectivity index (χ4n) is 1.53. The van der Waals surface area contributed by atoms with Gasteiger partial charge in [0.15, 0.2) is 5.78 Å². The lowest BCUT2D eigenvalue weighted by Crippen LogP contribution is -2.42. The first-order valence-electron chi connectivity index (χ1n) is 6.71. The highest BCUT2D eigenvalue weighted by Gasteiger charge is 2.12. The van der Waals surface area contributed by atoms with Gasteiger partial charge in [0, 0.05) is 17.6 Å². The van der Waals surface area contributed by atoms with Crippen LogP contribution in [-0.2, 0) is 0 Å². The molecule has 0 bridgehead atoms. The number of ketones is 1. The molecule has 4 N–H and O–H groups in total. The molecule has 5 nitrogen and oxygen atoms in total. The first-order valence-corrected chi connectivity index (χ1v) is 6.71. The van der Waals surface area contributed by atoms with Crippen molar-refractivity contribution in [1.82, 2.24) is 5.32 Å². The Morgan fingerprint density at radius 3 is 2.45 bits per heavy atom. The largest absolute Gasteiger partial charge is 0.491 e. The molecule has 0 aliphatic rings. The minimum atomic E-state index is -0.584. The van der Waals surface area contributed by atoms with E-state index in [2.05, 4.69) is 5.32 Å². The van der Waals surface area contributed by atoms with Crippen LogP contribution < -0.4 is 15.8 Å². The molecule has 0 radical (unpaired) electrons. The maximum Gasteiger partial charge on any atom is 0.176 e. The highest BCUT2D eigenvalue weighted by molar-refractivity contribution is 5.97. The average Bonchev–Trinajstić information content (AvgIpc) is 2.41. The standard InChI is InChI=1S/C15H24N2O3/c1-15(2,3)17-9-12(18)10-20-13-6-4-11(5-7-13)14(19)8-16/h4-7,12,17-18H,8-10,16H2,1-3H3. The summed E-state index contributed by atoms with van der Waals surface area (Å²) in [6.07, 6.45) is -0.584. The van der Waals surface area contributed by atoms with E-state index in [4.69, 9.17) is 10.5 Å². The summed E-state index contributed by atoms with van der Waals surface area (Å²) in [4.78, 5) is 11.4. The highest BCUT2D eigenvalue weighted by atomic mass is 16.5. The van der Waals surface area contributed by atoms with E-state index in [9.17, 15) is 9.90 Å². The molecule has 1 atom stereocenters. The predicted octanol–water partition coefficient (Wildman–Crippen LogP) is 0.956. The number of aliphatic hydroxyl groups is 1. The summed E-state index contributed by atoms with van der Waals surface area (Å²) in [7, 11) is 0. The summed E-state index contributed by atoms with van der Waals surface area (Å²) in [6.45, 7) is 6.77. The van der Waals surface area contributed by atoms with Gasteiger partial charge in [-0.25, -0.2) is 0 Å². The molecule has 1 unspecified atom stereocenters. The summed E-state index contributed by atoms with van der Waals surface area (Å²) in [6, 6.07) is 6.74. The van der Waals surface area contributed by atoms with Crippen molar-refractivity contribution in [3.63, 3.8) is 0 Å². The van der Waals surface area contributed by atoms with E-state index in [1.54, 1.807) is 24.3 Å². The van der Waals surface area contributed by atoms with Gasteiger partial charge in [-0.15, -0.1) is 0 Å². The Balaban J connectivity index is 2.40. The van der Waals surface area contributed by atoms with Gasteiger partial charge in [-0.3, -0.25) is 4.79 Å². The summed E-state index contributed by atoms with van der Waals surface area (Å²) < 4.78 is 5.47. The Bertz CT molecular complexity index is 424. The number of β-amino-alcohol motifs (C(OH)–C–C–N with tert-alkyl or cyclic N) is 1. The molecule has 1 rings (SSSR count). The predicted molar refractivity (Wildman–Crippen MR) is 79.1 cm³/mol. The van der Waals surface area contributed by atoms with E-state index in [0.717, 1.165) is 0 Å². The second kappa shape index (κ2) is 7.38. The maximum atomic E-state index is 11.4. The van der Waals surface area contributed by atoms with Crippen molar-refractivity contribution in [2.45, 2.75) is 32.4 Å². The number of ether oxygens (including phenoxy) is 1. The first-order chi connectivity index (χ1) is 9.31. The van der Waals surface area contributed by atoms with Gasteiger partial charge in [0.1, 0.15) is 18.5 Å². The quantitative estimate of drug-likeness (QED) is 0.648. The van der Waals surface area contributed by atoms with E-state index in [1.807, 2.05) is 20.8 Å². The molecule has 1 aromatic rings. The van der Waals surface area contributed by atoms with Crippen LogP contribution in [0.3, 0.4) is 0 Å². The van der Waals surface area contributed by atoms with Crippen molar-refractivity contribution >= 4 is 5.78 Å². The lowest BCUT2D eigenvalue weighted by Gasteiger charge is -2.22. The third-order valence-electron chi connectivity index (χ3n) is 2.67. The lowest BCUT2D eigenvalue weighted by molar-refractivity contribution is 0.0991. The van der Waals surface area contributed by atoms with Gasteiger partial charge in [-0.2, -0.15) is 0 Å². The molecule has 5 heteroatoms. The smallest absolute Gasteiger partial charge is 0.176 e. The molecule has 0 aliphatic heterocycles. The maximum absolute atomic E-state index is 11.4. The first kappa shape index (κ1) is 16.6. The second-order valence-electron chi connectivity index (χ2n) is 5.75. The zero-order valence-corrected chi connectivity index (χ0v) is 12.3. The molecule has 0 heterocycles. The summed E-state index contributed by atoms with van der Waals surface area (Å²) in [5.74, 6) is 0.513. The Labute approximate surface area is 120 Å². The van der Waals surface area contributed by atoms with Crippen LogP contribution in [0.2, 0.25) is 0 Å². The number of hydrogen-bond donors (Lipinski definition) is 3. The van der Waals surface area contributed by atoms with Crippen LogP contribution >= 0.6 is 0 Å². The minimum absolute atomic E-state index is 0.00259. The van der Waals surface area contributed by atoms with Gasteiger partial charge >= 0.3 is 0 Å². The Morgan fingerprint density at radius 1 is 1.35 bits per heavy atom. The molecule has 0 fully saturated rings. The third kappa shape index (κ3) is 6.14. The molecule has 1 aromatic carbocycles. The Morgan fingerprint density at radius 2 is 1.95 bits per heavy atom. The number of benzene rings is 1. The van der Waals surface area contributed by atoms with Crippen molar-refractivity contribution in [3.05, 3.63) is 29.8 Å². The molecule has 20 heavy (non-hydrogen) atoms. The van der Waals surface area contributed by atoms with Crippen LogP contribution in [0, 0.1) is 0 Å². The summed E-state index contributed by atoms with van der Waals surface area (Å²) in [5.41, 5.74) is 5.82. The van der Waals surface area contributed by atoms with Gasteiger partial charge in [-0.05, 0) is 45.0 Å². The summed E-state index contributed by atoms with van der Waals surface area (Å²) >= 11 is 0. The number of nitrogens with one attached hydrogen (secondary N) is 1. The van der Waals surface area contributed by atoms with E-state index >= 15 is 0 Å². The molecule has 0 aliphatic carbocycles. The monoisotopic (exact) mass is 280 g/mol. The number of aliphatic hydroxyl groups excluding tert-OH is 1. The van der Waals surface area contributed by atoms with Crippen molar-refractivity contribution in [1.29, 1.82) is 0 Å². The van der Waals surface area contributed by atoms with Gasteiger partial charge in [0.05, 0.1) is 6.54 Å². The van der Waals surface area contributed by atoms with Crippen molar-refractivity contribution < 1.29 is 14.6 Å². The van der Waals surface area contributed by atoms with Crippen molar-refractivity contribution in [2.75, 3.05) is 19.7 Å². The fraction of sp³-hybridized carbons (Fsp3) is 0.533. The number of nitrogens with two attached hydrogens (primary N) is 1.